The molecule has 0 saturated carbocycles. The molecule has 9 nitrogen and oxygen atoms in total. The van der Waals surface area contributed by atoms with Crippen LogP contribution in [0.3, 0.4) is 0 Å². The lowest BCUT2D eigenvalue weighted by Crippen LogP contribution is -2.59. The number of anilines is 1. The molecule has 0 spiro atoms. The van der Waals surface area contributed by atoms with Crippen molar-refractivity contribution in [2.45, 2.75) is 82.7 Å². The first-order valence-electron chi connectivity index (χ1n) is 15.2. The molecule has 6 rings (SSSR count). The quantitative estimate of drug-likeness (QED) is 0.455. The Morgan fingerprint density at radius 2 is 1.34 bits per heavy atom. The summed E-state index contributed by atoms with van der Waals surface area (Å²) in [7, 11) is 0. The normalized spacial score (nSPS) is 22.8. The van der Waals surface area contributed by atoms with Crippen LogP contribution in [0.15, 0.2) is 78.9 Å². The Bertz CT molecular complexity index is 1600. The number of para-hydroxylation sites is 1. The molecule has 3 aliphatic heterocycles. The van der Waals surface area contributed by atoms with E-state index in [4.69, 9.17) is 0 Å². The molecular formula is C35H38N4O5. The van der Waals surface area contributed by atoms with E-state index in [1.54, 1.807) is 4.90 Å². The molecule has 3 heterocycles. The molecule has 2 N–H and O–H groups in total. The fourth-order valence-electron chi connectivity index (χ4n) is 6.92. The minimum absolute atomic E-state index is 0.162. The van der Waals surface area contributed by atoms with Crippen LogP contribution in [0.2, 0.25) is 0 Å². The average Bonchev–Trinajstić information content (AvgIpc) is 3.62. The van der Waals surface area contributed by atoms with Gasteiger partial charge in [-0.2, -0.15) is 0 Å². The number of carboxylic acid groups (broad SMARTS) is 1. The molecule has 0 unspecified atom stereocenters. The van der Waals surface area contributed by atoms with Gasteiger partial charge in [-0.3, -0.25) is 14.5 Å². The Balaban J connectivity index is 1.38. The van der Waals surface area contributed by atoms with Gasteiger partial charge in [0.05, 0.1) is 6.04 Å². The molecule has 0 bridgehead atoms. The van der Waals surface area contributed by atoms with Crippen molar-refractivity contribution in [3.63, 3.8) is 0 Å². The molecule has 228 valence electrons. The number of carboxylic acids is 1. The van der Waals surface area contributed by atoms with Crippen LogP contribution in [0.5, 0.6) is 0 Å². The highest BCUT2D eigenvalue weighted by Crippen LogP contribution is 2.41. The van der Waals surface area contributed by atoms with E-state index in [9.17, 15) is 24.3 Å². The molecular weight excluding hydrogens is 556 g/mol. The number of benzene rings is 3. The number of fused-ring (bicyclic) bond motifs is 2. The molecule has 1 saturated heterocycles. The van der Waals surface area contributed by atoms with Gasteiger partial charge in [-0.05, 0) is 61.9 Å². The minimum atomic E-state index is -1.07. The summed E-state index contributed by atoms with van der Waals surface area (Å²) < 4.78 is 0. The third-order valence-corrected chi connectivity index (χ3v) is 8.89. The van der Waals surface area contributed by atoms with E-state index < -0.39 is 35.7 Å². The summed E-state index contributed by atoms with van der Waals surface area (Å²) in [5.74, 6) is -1.77. The van der Waals surface area contributed by atoms with Gasteiger partial charge >= 0.3 is 12.0 Å². The number of hydrogen-bond acceptors (Lipinski definition) is 4. The van der Waals surface area contributed by atoms with Crippen LogP contribution in [-0.4, -0.2) is 62.4 Å². The highest BCUT2D eigenvalue weighted by molar-refractivity contribution is 6.04. The van der Waals surface area contributed by atoms with Gasteiger partial charge in [-0.15, -0.1) is 0 Å². The summed E-state index contributed by atoms with van der Waals surface area (Å²) in [5, 5.41) is 13.2. The third kappa shape index (κ3) is 5.42. The lowest BCUT2D eigenvalue weighted by Gasteiger charge is -2.40. The second-order valence-electron chi connectivity index (χ2n) is 13.0. The van der Waals surface area contributed by atoms with Gasteiger partial charge in [0.15, 0.2) is 0 Å². The van der Waals surface area contributed by atoms with E-state index in [1.807, 2.05) is 99.6 Å². The number of amides is 4. The molecule has 0 radical (unpaired) electrons. The zero-order chi connectivity index (χ0) is 31.2. The lowest BCUT2D eigenvalue weighted by atomic mass is 9.93. The van der Waals surface area contributed by atoms with Gasteiger partial charge in [0.25, 0.3) is 0 Å². The van der Waals surface area contributed by atoms with Gasteiger partial charge in [0.2, 0.25) is 11.8 Å². The van der Waals surface area contributed by atoms with Crippen LogP contribution in [0.1, 0.15) is 61.9 Å². The van der Waals surface area contributed by atoms with Crippen molar-refractivity contribution in [2.24, 2.45) is 0 Å². The molecule has 3 aromatic rings. The molecule has 4 amide bonds. The Morgan fingerprint density at radius 1 is 0.727 bits per heavy atom. The summed E-state index contributed by atoms with van der Waals surface area (Å²) in [4.78, 5) is 60.0. The second kappa shape index (κ2) is 11.4. The maximum atomic E-state index is 14.8. The Morgan fingerprint density at radius 3 is 2.02 bits per heavy atom. The zero-order valence-corrected chi connectivity index (χ0v) is 25.3. The Labute approximate surface area is 257 Å². The largest absolute Gasteiger partial charge is 0.480 e. The molecule has 3 aromatic carbocycles. The standard InChI is InChI=1S/C35H38N4O5/c1-35(2,3)36-34(44)39-26-16-10-9-14-24(26)20-29(39)32(41)38-27(22-11-5-4-6-12-22)17-18-28(38)31(40)37-21-25-15-8-7-13-23(25)19-30(37)33(42)43/h4-16,27-30H,17-21H2,1-3H3,(H,36,44)(H,42,43)/t27-,28+,29+,30+/m0/s1. The molecule has 1 fully saturated rings. The van der Waals surface area contributed by atoms with Crippen molar-refractivity contribution in [1.29, 1.82) is 0 Å². The van der Waals surface area contributed by atoms with Gasteiger partial charge in [0.1, 0.15) is 18.1 Å². The van der Waals surface area contributed by atoms with Crippen LogP contribution < -0.4 is 10.2 Å². The molecule has 4 atom stereocenters. The number of carbonyl (C=O) groups excluding carboxylic acids is 3. The third-order valence-electron chi connectivity index (χ3n) is 8.89. The molecule has 0 aliphatic carbocycles. The number of urea groups is 1. The summed E-state index contributed by atoms with van der Waals surface area (Å²) in [5.41, 5.74) is 3.74. The maximum Gasteiger partial charge on any atom is 0.326 e. The van der Waals surface area contributed by atoms with Crippen molar-refractivity contribution >= 4 is 29.5 Å². The number of aliphatic carboxylic acids is 1. The maximum absolute atomic E-state index is 14.8. The monoisotopic (exact) mass is 594 g/mol. The fourth-order valence-corrected chi connectivity index (χ4v) is 6.92. The topological polar surface area (TPSA) is 110 Å². The van der Waals surface area contributed by atoms with E-state index in [1.165, 1.54) is 9.80 Å². The SMILES string of the molecule is CC(C)(C)NC(=O)N1c2ccccc2C[C@@H]1C(=O)N1[C@@H](C(=O)N2Cc3ccccc3C[C@@H]2C(=O)O)CC[C@H]1c1ccccc1. The summed E-state index contributed by atoms with van der Waals surface area (Å²) in [6.45, 7) is 5.83. The first kappa shape index (κ1) is 29.4. The lowest BCUT2D eigenvalue weighted by molar-refractivity contribution is -0.155. The molecule has 9 heteroatoms. The van der Waals surface area contributed by atoms with Gasteiger partial charge in [-0.1, -0.05) is 72.8 Å². The highest BCUT2D eigenvalue weighted by atomic mass is 16.4. The first-order chi connectivity index (χ1) is 21.0. The van der Waals surface area contributed by atoms with Crippen LogP contribution in [0, 0.1) is 0 Å². The van der Waals surface area contributed by atoms with E-state index >= 15 is 0 Å². The predicted molar refractivity (Wildman–Crippen MR) is 166 cm³/mol. The number of carbonyl (C=O) groups is 4. The van der Waals surface area contributed by atoms with E-state index in [-0.39, 0.29) is 30.8 Å². The van der Waals surface area contributed by atoms with Gasteiger partial charge < -0.3 is 20.2 Å². The highest BCUT2D eigenvalue weighted by Gasteiger charge is 2.50. The first-order valence-corrected chi connectivity index (χ1v) is 15.2. The van der Waals surface area contributed by atoms with Crippen molar-refractivity contribution < 1.29 is 24.3 Å². The summed E-state index contributed by atoms with van der Waals surface area (Å²) in [6, 6.07) is 21.2. The summed E-state index contributed by atoms with van der Waals surface area (Å²) in [6.07, 6.45) is 1.46. The van der Waals surface area contributed by atoms with Crippen LogP contribution in [0.4, 0.5) is 10.5 Å². The average molecular weight is 595 g/mol. The van der Waals surface area contributed by atoms with Crippen LogP contribution >= 0.6 is 0 Å². The zero-order valence-electron chi connectivity index (χ0n) is 25.3. The van der Waals surface area contributed by atoms with Crippen molar-refractivity contribution in [2.75, 3.05) is 4.90 Å². The molecule has 0 aromatic heterocycles. The predicted octanol–water partition coefficient (Wildman–Crippen LogP) is 4.70. The summed E-state index contributed by atoms with van der Waals surface area (Å²) >= 11 is 0. The van der Waals surface area contributed by atoms with Gasteiger partial charge in [-0.25, -0.2) is 9.59 Å². The number of hydrogen-bond donors (Lipinski definition) is 2. The van der Waals surface area contributed by atoms with E-state index in [0.717, 1.165) is 22.3 Å². The minimum Gasteiger partial charge on any atom is -0.480 e. The number of likely N-dealkylation sites (tertiary alicyclic amines) is 1. The smallest absolute Gasteiger partial charge is 0.326 e. The van der Waals surface area contributed by atoms with E-state index in [2.05, 4.69) is 5.32 Å². The van der Waals surface area contributed by atoms with Crippen molar-refractivity contribution in [3.05, 3.63) is 101 Å². The fraction of sp³-hybridized carbons (Fsp3) is 0.371. The number of nitrogens with one attached hydrogen (secondary N) is 1. The van der Waals surface area contributed by atoms with Crippen LogP contribution in [0.25, 0.3) is 0 Å². The molecule has 3 aliphatic rings. The number of rotatable bonds is 4. The molecule has 44 heavy (non-hydrogen) atoms. The van der Waals surface area contributed by atoms with Crippen molar-refractivity contribution in [1.82, 2.24) is 15.1 Å². The Kier molecular flexibility index (Phi) is 7.65. The Hall–Kier alpha value is -4.66. The van der Waals surface area contributed by atoms with Gasteiger partial charge in [0, 0.05) is 30.6 Å². The number of nitrogens with zero attached hydrogens (tertiary/aromatic N) is 3. The van der Waals surface area contributed by atoms with Crippen molar-refractivity contribution in [3.8, 4) is 0 Å². The van der Waals surface area contributed by atoms with Crippen LogP contribution in [-0.2, 0) is 33.8 Å². The second-order valence-corrected chi connectivity index (χ2v) is 13.0. The van der Waals surface area contributed by atoms with E-state index in [0.29, 0.717) is 24.9 Å².